The van der Waals surface area contributed by atoms with Crippen LogP contribution in [0.4, 0.5) is 0 Å². The molecule has 4 aromatic carbocycles. The third-order valence-electron chi connectivity index (χ3n) is 12.7. The minimum atomic E-state index is -5.02. The molecule has 278 valence electrons. The topological polar surface area (TPSA) is 51.6 Å². The van der Waals surface area contributed by atoms with E-state index in [1.54, 1.807) is 0 Å². The molecule has 6 heteroatoms. The first-order chi connectivity index (χ1) is 28.4. The Morgan fingerprint density at radius 2 is 0.759 bits per heavy atom. The fourth-order valence-corrected chi connectivity index (χ4v) is 39.6. The molecule has 0 spiro atoms. The maximum absolute atomic E-state index is 5.02. The van der Waals surface area contributed by atoms with Gasteiger partial charge >= 0.3 is 345 Å². The van der Waals surface area contributed by atoms with Crippen LogP contribution in [0.25, 0.3) is 57.2 Å². The van der Waals surface area contributed by atoms with Gasteiger partial charge in [0.1, 0.15) is 0 Å². The van der Waals surface area contributed by atoms with Gasteiger partial charge in [-0.15, -0.1) is 0 Å². The minimum absolute atomic E-state index is 0.113. The van der Waals surface area contributed by atoms with Gasteiger partial charge in [0.2, 0.25) is 0 Å². The van der Waals surface area contributed by atoms with Crippen molar-refractivity contribution < 1.29 is 17.4 Å². The molecule has 0 bridgehead atoms. The van der Waals surface area contributed by atoms with E-state index in [1.807, 2.05) is 49.1 Å². The number of hydrogen-bond donors (Lipinski definition) is 0. The maximum atomic E-state index is 4.95. The second-order valence-electron chi connectivity index (χ2n) is 15.9. The molecule has 2 aliphatic carbocycles. The summed E-state index contributed by atoms with van der Waals surface area (Å²) >= 11 is -5.02. The van der Waals surface area contributed by atoms with Crippen LogP contribution in [0.5, 0.6) is 0 Å². The number of fused-ring (bicyclic) bond motifs is 2. The fraction of sp³-hybridized carbons (Fsp3) is 0.0769. The first-order valence-electron chi connectivity index (χ1n) is 20.0. The van der Waals surface area contributed by atoms with Crippen LogP contribution < -0.4 is 6.54 Å². The third kappa shape index (κ3) is 5.65. The van der Waals surface area contributed by atoms with Crippen molar-refractivity contribution >= 4 is 25.6 Å². The Kier molecular flexibility index (Phi) is 9.08. The zero-order chi connectivity index (χ0) is 39.3. The van der Waals surface area contributed by atoms with Gasteiger partial charge in [0.05, 0.1) is 0 Å². The first-order valence-corrected chi connectivity index (χ1v) is 31.2. The van der Waals surface area contributed by atoms with Gasteiger partial charge in [0, 0.05) is 0 Å². The van der Waals surface area contributed by atoms with E-state index in [9.17, 15) is 0 Å². The van der Waals surface area contributed by atoms with Gasteiger partial charge in [-0.3, -0.25) is 0 Å². The van der Waals surface area contributed by atoms with Crippen LogP contribution in [0.1, 0.15) is 43.4 Å². The van der Waals surface area contributed by atoms with E-state index in [1.165, 1.54) is 39.9 Å². The number of benzene rings is 4. The van der Waals surface area contributed by atoms with Crippen molar-refractivity contribution in [2.24, 2.45) is 0 Å². The van der Waals surface area contributed by atoms with Gasteiger partial charge in [0.15, 0.2) is 0 Å². The molecule has 10 rings (SSSR count). The van der Waals surface area contributed by atoms with Crippen LogP contribution >= 0.6 is 0 Å². The number of rotatable bonds is 8. The Morgan fingerprint density at radius 3 is 1.10 bits per heavy atom. The van der Waals surface area contributed by atoms with E-state index in [0.717, 1.165) is 45.0 Å². The van der Waals surface area contributed by atoms with Crippen LogP contribution in [0, 0.1) is 0 Å². The zero-order valence-corrected chi connectivity index (χ0v) is 36.5. The molecule has 4 aromatic heterocycles. The van der Waals surface area contributed by atoms with Crippen LogP contribution in [-0.2, 0) is 17.4 Å². The first kappa shape index (κ1) is 36.4. The second-order valence-corrected chi connectivity index (χ2v) is 38.6. The number of nitrogens with zero attached hydrogens (tertiary/aromatic N) is 4. The summed E-state index contributed by atoms with van der Waals surface area (Å²) in [5.74, 6) is 0. The Morgan fingerprint density at radius 1 is 0.414 bits per heavy atom. The molecular formula is C52H42N4SiZr. The Hall–Kier alpha value is -5.94. The van der Waals surface area contributed by atoms with Crippen LogP contribution in [0.15, 0.2) is 194 Å². The summed E-state index contributed by atoms with van der Waals surface area (Å²) in [6, 6.07) is 57.6. The Labute approximate surface area is 342 Å². The number of aromatic nitrogens is 4. The summed E-state index contributed by atoms with van der Waals surface area (Å²) in [7, 11) is 0. The number of pyridine rings is 4. The van der Waals surface area contributed by atoms with E-state index in [-0.39, 0.29) is 7.25 Å². The van der Waals surface area contributed by atoms with E-state index >= 15 is 0 Å². The van der Waals surface area contributed by atoms with E-state index in [2.05, 4.69) is 166 Å². The summed E-state index contributed by atoms with van der Waals surface area (Å²) < 4.78 is 3.16. The van der Waals surface area contributed by atoms with E-state index in [0.29, 0.717) is 0 Å². The number of hydrogen-bond acceptors (Lipinski definition) is 4. The van der Waals surface area contributed by atoms with Gasteiger partial charge in [-0.2, -0.15) is 0 Å². The van der Waals surface area contributed by atoms with Crippen LogP contribution in [0.3, 0.4) is 0 Å². The second kappa shape index (κ2) is 14.5. The van der Waals surface area contributed by atoms with Crippen molar-refractivity contribution in [2.45, 2.75) is 21.1 Å². The van der Waals surface area contributed by atoms with Crippen LogP contribution in [-0.4, -0.2) is 26.8 Å². The summed E-state index contributed by atoms with van der Waals surface area (Å²) in [5.41, 5.74) is 16.4. The fourth-order valence-electron chi connectivity index (χ4n) is 10.5. The quantitative estimate of drug-likeness (QED) is 0.143. The Balaban J connectivity index is 1.35. The van der Waals surface area contributed by atoms with Crippen molar-refractivity contribution in [1.82, 2.24) is 19.9 Å². The molecule has 0 amide bonds. The standard InChI is InChI=1S/2C20H15N2.2C6H5.H2Si.Zr/c2*1-14-10-15-12-16(19-6-2-4-8-21-19)13-18(17(15)11-14)20-7-3-5-9-22-20;2*1-2-4-6-5-3-1;;/h2*2-13H,1H3;2*1-5H;1H2;. The summed E-state index contributed by atoms with van der Waals surface area (Å²) in [5, 5.41) is 0. The van der Waals surface area contributed by atoms with Crippen LogP contribution in [0.2, 0.25) is 0 Å². The van der Waals surface area contributed by atoms with Crippen molar-refractivity contribution in [3.63, 3.8) is 0 Å². The average Bonchev–Trinajstić information content (AvgIpc) is 3.83. The van der Waals surface area contributed by atoms with Gasteiger partial charge in [-0.25, -0.2) is 0 Å². The molecule has 0 N–H and O–H groups in total. The monoisotopic (exact) mass is 840 g/mol. The van der Waals surface area contributed by atoms with E-state index < -0.39 is 17.4 Å². The predicted molar refractivity (Wildman–Crippen MR) is 239 cm³/mol. The summed E-state index contributed by atoms with van der Waals surface area (Å²) in [6.07, 6.45) is 12.6. The molecule has 2 aliphatic rings. The molecule has 0 saturated heterocycles. The van der Waals surface area contributed by atoms with Gasteiger partial charge in [-0.1, -0.05) is 0 Å². The molecule has 4 nitrogen and oxygen atoms in total. The van der Waals surface area contributed by atoms with Crippen molar-refractivity contribution in [1.29, 1.82) is 0 Å². The predicted octanol–water partition coefficient (Wildman–Crippen LogP) is 10.4. The zero-order valence-electron chi connectivity index (χ0n) is 32.6. The normalized spacial score (nSPS) is 16.0. The molecule has 4 heterocycles. The van der Waals surface area contributed by atoms with Gasteiger partial charge < -0.3 is 0 Å². The molecule has 0 radical (unpaired) electrons. The summed E-state index contributed by atoms with van der Waals surface area (Å²) in [4.78, 5) is 19.7. The number of allylic oxidation sites excluding steroid dienone is 2. The molecule has 8 aromatic rings. The van der Waals surface area contributed by atoms with Gasteiger partial charge in [-0.05, 0) is 0 Å². The molecule has 58 heavy (non-hydrogen) atoms. The molecule has 0 saturated carbocycles. The molecule has 2 unspecified atom stereocenters. The third-order valence-corrected chi connectivity index (χ3v) is 41.0. The summed E-state index contributed by atoms with van der Waals surface area (Å²) in [6.45, 7) is 7.17. The van der Waals surface area contributed by atoms with Crippen molar-refractivity contribution in [2.75, 3.05) is 0 Å². The molecule has 0 fully saturated rings. The van der Waals surface area contributed by atoms with Crippen molar-refractivity contribution in [3.05, 3.63) is 216 Å². The van der Waals surface area contributed by atoms with Gasteiger partial charge in [0.25, 0.3) is 0 Å². The Bertz CT molecular complexity index is 2750. The molecule has 2 atom stereocenters. The van der Waals surface area contributed by atoms with E-state index in [4.69, 9.17) is 19.9 Å². The SMILES string of the molecule is CC1=Cc2c(-c3ccccn3)cc(-c3ccccn3)cc2[CH]1[Zr](=[SiH2])([c]1ccccc1)([c]1ccccc1)[CH]1C(C)=Cc2c(-c3ccccn3)cc(-c3ccccn3)cc21. The van der Waals surface area contributed by atoms with Crippen molar-refractivity contribution in [3.8, 4) is 45.0 Å². The average molecular weight is 842 g/mol. The molecular weight excluding hydrogens is 800 g/mol. The molecule has 0 aliphatic heterocycles.